The Bertz CT molecular complexity index is 1130. The third-order valence-corrected chi connectivity index (χ3v) is 4.99. The minimum Gasteiger partial charge on any atom is -0.505 e. The first-order chi connectivity index (χ1) is 12.6. The summed E-state index contributed by atoms with van der Waals surface area (Å²) in [6, 6.07) is 24.5. The van der Waals surface area contributed by atoms with Crippen LogP contribution < -0.4 is 5.56 Å². The van der Waals surface area contributed by atoms with E-state index in [9.17, 15) is 9.90 Å². The summed E-state index contributed by atoms with van der Waals surface area (Å²) < 4.78 is 2.54. The normalized spacial score (nSPS) is 11.0. The van der Waals surface area contributed by atoms with Crippen molar-refractivity contribution in [2.75, 3.05) is 0 Å². The number of nitrogens with zero attached hydrogens (tertiary/aromatic N) is 1. The number of pyridine rings is 1. The van der Waals surface area contributed by atoms with E-state index in [2.05, 4.69) is 15.9 Å². The number of fused-ring (bicyclic) bond motifs is 1. The second-order valence-electron chi connectivity index (χ2n) is 6.12. The van der Waals surface area contributed by atoms with Crippen LogP contribution in [0.3, 0.4) is 0 Å². The van der Waals surface area contributed by atoms with Gasteiger partial charge in [0.05, 0.1) is 11.1 Å². The maximum Gasteiger partial charge on any atom is 0.263 e. The van der Waals surface area contributed by atoms with Crippen molar-refractivity contribution in [3.05, 3.63) is 105 Å². The van der Waals surface area contributed by atoms with Crippen molar-refractivity contribution in [2.24, 2.45) is 0 Å². The highest BCUT2D eigenvalue weighted by Crippen LogP contribution is 2.30. The SMILES string of the molecule is O=c1c2ccccc2c(O)c(Cc2ccccc2)n1-c1ccc(Br)cc1. The molecule has 1 aromatic heterocycles. The van der Waals surface area contributed by atoms with Crippen LogP contribution in [0, 0.1) is 0 Å². The van der Waals surface area contributed by atoms with Crippen molar-refractivity contribution in [1.29, 1.82) is 0 Å². The summed E-state index contributed by atoms with van der Waals surface area (Å²) in [6.07, 6.45) is 0.461. The number of halogens is 1. The highest BCUT2D eigenvalue weighted by atomic mass is 79.9. The molecule has 0 aliphatic heterocycles. The lowest BCUT2D eigenvalue weighted by molar-refractivity contribution is 0.469. The highest BCUT2D eigenvalue weighted by Gasteiger charge is 2.17. The minimum absolute atomic E-state index is 0.133. The van der Waals surface area contributed by atoms with E-state index in [-0.39, 0.29) is 11.3 Å². The summed E-state index contributed by atoms with van der Waals surface area (Å²) in [5.74, 6) is 0.145. The average Bonchev–Trinajstić information content (AvgIpc) is 2.68. The molecule has 0 amide bonds. The van der Waals surface area contributed by atoms with E-state index in [0.29, 0.717) is 22.9 Å². The van der Waals surface area contributed by atoms with Gasteiger partial charge in [-0.3, -0.25) is 9.36 Å². The number of hydrogen-bond acceptors (Lipinski definition) is 2. The summed E-state index contributed by atoms with van der Waals surface area (Å²) in [7, 11) is 0. The first kappa shape index (κ1) is 16.6. The second kappa shape index (κ2) is 6.81. The van der Waals surface area contributed by atoms with Gasteiger partial charge in [0.1, 0.15) is 5.75 Å². The first-order valence-electron chi connectivity index (χ1n) is 8.30. The molecule has 4 rings (SSSR count). The second-order valence-corrected chi connectivity index (χ2v) is 7.04. The Hall–Kier alpha value is -2.85. The molecule has 3 aromatic carbocycles. The summed E-state index contributed by atoms with van der Waals surface area (Å²) in [6.45, 7) is 0. The molecule has 0 spiro atoms. The molecule has 1 N–H and O–H groups in total. The Morgan fingerprint density at radius 3 is 2.12 bits per heavy atom. The van der Waals surface area contributed by atoms with Crippen LogP contribution in [-0.4, -0.2) is 9.67 Å². The highest BCUT2D eigenvalue weighted by molar-refractivity contribution is 9.10. The fraction of sp³-hybridized carbons (Fsp3) is 0.0455. The topological polar surface area (TPSA) is 42.2 Å². The number of rotatable bonds is 3. The molecule has 0 aliphatic rings. The van der Waals surface area contributed by atoms with E-state index >= 15 is 0 Å². The third kappa shape index (κ3) is 2.93. The van der Waals surface area contributed by atoms with Gasteiger partial charge in [-0.1, -0.05) is 64.5 Å². The quantitative estimate of drug-likeness (QED) is 0.518. The molecule has 1 heterocycles. The number of aromatic hydroxyl groups is 1. The van der Waals surface area contributed by atoms with Crippen LogP contribution in [0.1, 0.15) is 11.3 Å². The smallest absolute Gasteiger partial charge is 0.263 e. The van der Waals surface area contributed by atoms with Gasteiger partial charge in [-0.2, -0.15) is 0 Å². The van der Waals surface area contributed by atoms with Gasteiger partial charge in [0, 0.05) is 22.0 Å². The predicted octanol–water partition coefficient (Wildman–Crippen LogP) is 5.05. The maximum atomic E-state index is 13.2. The summed E-state index contributed by atoms with van der Waals surface area (Å²) in [5.41, 5.74) is 2.21. The number of benzene rings is 3. The van der Waals surface area contributed by atoms with Gasteiger partial charge in [-0.25, -0.2) is 0 Å². The summed E-state index contributed by atoms with van der Waals surface area (Å²) in [4.78, 5) is 13.2. The Labute approximate surface area is 159 Å². The van der Waals surface area contributed by atoms with Gasteiger partial charge in [0.2, 0.25) is 0 Å². The zero-order chi connectivity index (χ0) is 18.1. The molecule has 0 fully saturated rings. The van der Waals surface area contributed by atoms with Gasteiger partial charge < -0.3 is 5.11 Å². The molecule has 3 nitrogen and oxygen atoms in total. The molecule has 4 heteroatoms. The van der Waals surface area contributed by atoms with Crippen molar-refractivity contribution < 1.29 is 5.11 Å². The van der Waals surface area contributed by atoms with Gasteiger partial charge in [-0.15, -0.1) is 0 Å². The molecular weight excluding hydrogens is 390 g/mol. The molecule has 0 aliphatic carbocycles. The Morgan fingerprint density at radius 2 is 1.42 bits per heavy atom. The van der Waals surface area contributed by atoms with Crippen molar-refractivity contribution in [2.45, 2.75) is 6.42 Å². The van der Waals surface area contributed by atoms with Crippen LogP contribution in [0.2, 0.25) is 0 Å². The van der Waals surface area contributed by atoms with E-state index < -0.39 is 0 Å². The molecular formula is C22H16BrNO2. The fourth-order valence-electron chi connectivity index (χ4n) is 3.20. The third-order valence-electron chi connectivity index (χ3n) is 4.46. The summed E-state index contributed by atoms with van der Waals surface area (Å²) in [5, 5.41) is 12.0. The van der Waals surface area contributed by atoms with Crippen LogP contribution >= 0.6 is 15.9 Å². The standard InChI is InChI=1S/C22H16BrNO2/c23-16-10-12-17(13-11-16)24-20(14-15-6-2-1-3-7-15)21(25)18-8-4-5-9-19(18)22(24)26/h1-13,25H,14H2. The van der Waals surface area contributed by atoms with E-state index in [0.717, 1.165) is 15.7 Å². The Morgan fingerprint density at radius 1 is 0.808 bits per heavy atom. The number of hydrogen-bond donors (Lipinski definition) is 1. The Kier molecular flexibility index (Phi) is 4.35. The van der Waals surface area contributed by atoms with Crippen LogP contribution in [0.15, 0.2) is 88.1 Å². The molecule has 4 aromatic rings. The minimum atomic E-state index is -0.133. The van der Waals surface area contributed by atoms with Crippen molar-refractivity contribution in [1.82, 2.24) is 4.57 Å². The largest absolute Gasteiger partial charge is 0.505 e. The first-order valence-corrected chi connectivity index (χ1v) is 9.10. The van der Waals surface area contributed by atoms with Crippen LogP contribution in [0.25, 0.3) is 16.5 Å². The fourth-order valence-corrected chi connectivity index (χ4v) is 3.46. The van der Waals surface area contributed by atoms with Crippen LogP contribution in [-0.2, 0) is 6.42 Å². The molecule has 26 heavy (non-hydrogen) atoms. The molecule has 0 saturated carbocycles. The van der Waals surface area contributed by atoms with Crippen molar-refractivity contribution >= 4 is 26.7 Å². The number of aromatic nitrogens is 1. The average molecular weight is 406 g/mol. The molecule has 0 unspecified atom stereocenters. The van der Waals surface area contributed by atoms with E-state index in [1.807, 2.05) is 66.7 Å². The monoisotopic (exact) mass is 405 g/mol. The summed E-state index contributed by atoms with van der Waals surface area (Å²) >= 11 is 3.43. The van der Waals surface area contributed by atoms with E-state index in [1.54, 1.807) is 16.7 Å². The predicted molar refractivity (Wildman–Crippen MR) is 108 cm³/mol. The molecule has 0 bridgehead atoms. The van der Waals surface area contributed by atoms with Crippen molar-refractivity contribution in [3.8, 4) is 11.4 Å². The molecule has 0 radical (unpaired) electrons. The van der Waals surface area contributed by atoms with E-state index in [1.165, 1.54) is 0 Å². The zero-order valence-corrected chi connectivity index (χ0v) is 15.5. The Balaban J connectivity index is 2.04. The van der Waals surface area contributed by atoms with Crippen LogP contribution in [0.5, 0.6) is 5.75 Å². The lowest BCUT2D eigenvalue weighted by atomic mass is 10.0. The van der Waals surface area contributed by atoms with Gasteiger partial charge in [-0.05, 0) is 35.9 Å². The van der Waals surface area contributed by atoms with Gasteiger partial charge >= 0.3 is 0 Å². The molecule has 0 saturated heterocycles. The lowest BCUT2D eigenvalue weighted by Gasteiger charge is -2.17. The van der Waals surface area contributed by atoms with Gasteiger partial charge in [0.25, 0.3) is 5.56 Å². The molecule has 128 valence electrons. The lowest BCUT2D eigenvalue weighted by Crippen LogP contribution is -2.22. The maximum absolute atomic E-state index is 13.2. The van der Waals surface area contributed by atoms with E-state index in [4.69, 9.17) is 0 Å². The molecule has 0 atom stereocenters. The van der Waals surface area contributed by atoms with Crippen molar-refractivity contribution in [3.63, 3.8) is 0 Å². The zero-order valence-electron chi connectivity index (χ0n) is 13.9. The van der Waals surface area contributed by atoms with Crippen LogP contribution in [0.4, 0.5) is 0 Å². The van der Waals surface area contributed by atoms with Gasteiger partial charge in [0.15, 0.2) is 0 Å².